The van der Waals surface area contributed by atoms with Crippen LogP contribution < -0.4 is 15.0 Å². The van der Waals surface area contributed by atoms with Crippen molar-refractivity contribution < 1.29 is 14.5 Å². The molecule has 2 aromatic carbocycles. The van der Waals surface area contributed by atoms with Gasteiger partial charge in [0, 0.05) is 36.6 Å². The van der Waals surface area contributed by atoms with Gasteiger partial charge in [-0.2, -0.15) is 0 Å². The molecule has 2 aromatic rings. The first-order valence-electron chi connectivity index (χ1n) is 8.14. The van der Waals surface area contributed by atoms with Crippen LogP contribution in [0.25, 0.3) is 0 Å². The standard InChI is InChI=1S/C18H19N3O4/c22-18(13-25-17-9-7-16(8-10-17)21(23)24)19-14-3-5-15(6-4-14)20-11-1-2-12-20/h3-10H,1-2,11-13H2,(H,19,22). The summed E-state index contributed by atoms with van der Waals surface area (Å²) in [5.41, 5.74) is 1.85. The Morgan fingerprint density at radius 1 is 1.08 bits per heavy atom. The van der Waals surface area contributed by atoms with Crippen molar-refractivity contribution in [3.8, 4) is 5.75 Å². The molecule has 1 heterocycles. The van der Waals surface area contributed by atoms with E-state index in [1.807, 2.05) is 24.3 Å². The SMILES string of the molecule is O=C(COc1ccc([N+](=O)[O-])cc1)Nc1ccc(N2CCCC2)cc1. The lowest BCUT2D eigenvalue weighted by Crippen LogP contribution is -2.20. The lowest BCUT2D eigenvalue weighted by atomic mass is 10.2. The fraction of sp³-hybridized carbons (Fsp3) is 0.278. The summed E-state index contributed by atoms with van der Waals surface area (Å²) < 4.78 is 5.34. The Labute approximate surface area is 145 Å². The van der Waals surface area contributed by atoms with Crippen LogP contribution in [-0.4, -0.2) is 30.5 Å². The van der Waals surface area contributed by atoms with Crippen molar-refractivity contribution >= 4 is 23.0 Å². The molecule has 1 N–H and O–H groups in total. The first-order valence-corrected chi connectivity index (χ1v) is 8.14. The number of nitrogens with one attached hydrogen (secondary N) is 1. The Hall–Kier alpha value is -3.09. The van der Waals surface area contributed by atoms with E-state index < -0.39 is 4.92 Å². The maximum Gasteiger partial charge on any atom is 0.269 e. The lowest BCUT2D eigenvalue weighted by Gasteiger charge is -2.17. The summed E-state index contributed by atoms with van der Waals surface area (Å²) in [7, 11) is 0. The van der Waals surface area contributed by atoms with Crippen LogP contribution >= 0.6 is 0 Å². The summed E-state index contributed by atoms with van der Waals surface area (Å²) in [6.45, 7) is 2.00. The predicted molar refractivity (Wildman–Crippen MR) is 95.1 cm³/mol. The second-order valence-electron chi connectivity index (χ2n) is 5.83. The van der Waals surface area contributed by atoms with Gasteiger partial charge in [0.15, 0.2) is 6.61 Å². The summed E-state index contributed by atoms with van der Waals surface area (Å²) in [6, 6.07) is 13.4. The number of nitro benzene ring substituents is 1. The fourth-order valence-electron chi connectivity index (χ4n) is 2.74. The van der Waals surface area contributed by atoms with Crippen LogP contribution in [0.5, 0.6) is 5.75 Å². The normalized spacial score (nSPS) is 13.5. The van der Waals surface area contributed by atoms with Crippen molar-refractivity contribution in [2.75, 3.05) is 29.9 Å². The average molecular weight is 341 g/mol. The summed E-state index contributed by atoms with van der Waals surface area (Å²) in [6.07, 6.45) is 2.44. The Morgan fingerprint density at radius 3 is 2.32 bits per heavy atom. The number of amides is 1. The number of non-ortho nitro benzene ring substituents is 1. The Balaban J connectivity index is 1.49. The number of ether oxygens (including phenoxy) is 1. The number of hydrogen-bond donors (Lipinski definition) is 1. The van der Waals surface area contributed by atoms with Crippen LogP contribution in [0.3, 0.4) is 0 Å². The summed E-state index contributed by atoms with van der Waals surface area (Å²) in [5.74, 6) is 0.123. The first-order chi connectivity index (χ1) is 12.1. The van der Waals surface area contributed by atoms with Gasteiger partial charge in [-0.1, -0.05) is 0 Å². The number of anilines is 2. The van der Waals surface area contributed by atoms with Crippen LogP contribution in [0.1, 0.15) is 12.8 Å². The molecule has 130 valence electrons. The third-order valence-corrected chi connectivity index (χ3v) is 4.04. The van der Waals surface area contributed by atoms with Crippen molar-refractivity contribution in [3.05, 3.63) is 58.6 Å². The van der Waals surface area contributed by atoms with Gasteiger partial charge in [-0.05, 0) is 49.2 Å². The minimum Gasteiger partial charge on any atom is -0.484 e. The highest BCUT2D eigenvalue weighted by Crippen LogP contribution is 2.22. The molecule has 0 bridgehead atoms. The molecule has 0 spiro atoms. The summed E-state index contributed by atoms with van der Waals surface area (Å²) in [4.78, 5) is 24.4. The van der Waals surface area contributed by atoms with Crippen LogP contribution in [0.15, 0.2) is 48.5 Å². The number of benzene rings is 2. The molecule has 25 heavy (non-hydrogen) atoms. The maximum absolute atomic E-state index is 11.9. The number of hydrogen-bond acceptors (Lipinski definition) is 5. The lowest BCUT2D eigenvalue weighted by molar-refractivity contribution is -0.384. The topological polar surface area (TPSA) is 84.7 Å². The van der Waals surface area contributed by atoms with Crippen LogP contribution in [-0.2, 0) is 4.79 Å². The van der Waals surface area contributed by atoms with Gasteiger partial charge < -0.3 is 15.0 Å². The van der Waals surface area contributed by atoms with E-state index in [0.717, 1.165) is 18.8 Å². The molecule has 0 aliphatic carbocycles. The highest BCUT2D eigenvalue weighted by Gasteiger charge is 2.12. The highest BCUT2D eigenvalue weighted by molar-refractivity contribution is 5.92. The number of carbonyl (C=O) groups excluding carboxylic acids is 1. The molecule has 1 aliphatic rings. The molecule has 0 aromatic heterocycles. The molecule has 0 unspecified atom stereocenters. The average Bonchev–Trinajstić information content (AvgIpc) is 3.15. The molecule has 1 fully saturated rings. The molecule has 1 aliphatic heterocycles. The van der Waals surface area contributed by atoms with Crippen LogP contribution in [0.2, 0.25) is 0 Å². The molecular weight excluding hydrogens is 322 g/mol. The highest BCUT2D eigenvalue weighted by atomic mass is 16.6. The van der Waals surface area contributed by atoms with Crippen molar-refractivity contribution in [1.29, 1.82) is 0 Å². The van der Waals surface area contributed by atoms with Crippen molar-refractivity contribution in [2.45, 2.75) is 12.8 Å². The second kappa shape index (κ2) is 7.65. The Bertz CT molecular complexity index is 738. The molecule has 0 radical (unpaired) electrons. The van der Waals surface area contributed by atoms with Gasteiger partial charge in [0.25, 0.3) is 11.6 Å². The third-order valence-electron chi connectivity index (χ3n) is 4.04. The van der Waals surface area contributed by atoms with Gasteiger partial charge >= 0.3 is 0 Å². The Kier molecular flexibility index (Phi) is 5.13. The maximum atomic E-state index is 11.9. The van der Waals surface area contributed by atoms with E-state index in [1.54, 1.807) is 0 Å². The van der Waals surface area contributed by atoms with Gasteiger partial charge in [-0.3, -0.25) is 14.9 Å². The Morgan fingerprint density at radius 2 is 1.72 bits per heavy atom. The minimum absolute atomic E-state index is 0.0186. The molecular formula is C18H19N3O4. The number of carbonyl (C=O) groups is 1. The summed E-state index contributed by atoms with van der Waals surface area (Å²) >= 11 is 0. The fourth-order valence-corrected chi connectivity index (χ4v) is 2.74. The van der Waals surface area contributed by atoms with E-state index in [2.05, 4.69) is 10.2 Å². The zero-order valence-electron chi connectivity index (χ0n) is 13.7. The molecule has 7 heteroatoms. The number of rotatable bonds is 6. The molecule has 1 saturated heterocycles. The van der Waals surface area contributed by atoms with E-state index in [-0.39, 0.29) is 18.2 Å². The molecule has 0 atom stereocenters. The van der Waals surface area contributed by atoms with Gasteiger partial charge in [-0.15, -0.1) is 0 Å². The van der Waals surface area contributed by atoms with E-state index in [9.17, 15) is 14.9 Å². The van der Waals surface area contributed by atoms with Gasteiger partial charge in [-0.25, -0.2) is 0 Å². The molecule has 3 rings (SSSR count). The largest absolute Gasteiger partial charge is 0.484 e. The van der Waals surface area contributed by atoms with E-state index in [1.165, 1.54) is 37.1 Å². The third kappa shape index (κ3) is 4.47. The minimum atomic E-state index is -0.484. The summed E-state index contributed by atoms with van der Waals surface area (Å²) in [5, 5.41) is 13.4. The zero-order chi connectivity index (χ0) is 17.6. The van der Waals surface area contributed by atoms with Gasteiger partial charge in [0.2, 0.25) is 0 Å². The van der Waals surface area contributed by atoms with E-state index >= 15 is 0 Å². The predicted octanol–water partition coefficient (Wildman–Crippen LogP) is 3.21. The van der Waals surface area contributed by atoms with Crippen LogP contribution in [0, 0.1) is 10.1 Å². The van der Waals surface area contributed by atoms with Crippen molar-refractivity contribution in [1.82, 2.24) is 0 Å². The molecule has 7 nitrogen and oxygen atoms in total. The zero-order valence-corrected chi connectivity index (χ0v) is 13.7. The van der Waals surface area contributed by atoms with Crippen molar-refractivity contribution in [2.24, 2.45) is 0 Å². The molecule has 0 saturated carbocycles. The monoisotopic (exact) mass is 341 g/mol. The van der Waals surface area contributed by atoms with E-state index in [0.29, 0.717) is 11.4 Å². The van der Waals surface area contributed by atoms with Gasteiger partial charge in [0.05, 0.1) is 4.92 Å². The van der Waals surface area contributed by atoms with Crippen LogP contribution in [0.4, 0.5) is 17.1 Å². The second-order valence-corrected chi connectivity index (χ2v) is 5.83. The van der Waals surface area contributed by atoms with Crippen molar-refractivity contribution in [3.63, 3.8) is 0 Å². The van der Waals surface area contributed by atoms with Gasteiger partial charge in [0.1, 0.15) is 5.75 Å². The smallest absolute Gasteiger partial charge is 0.269 e. The van der Waals surface area contributed by atoms with E-state index in [4.69, 9.17) is 4.74 Å². The number of nitrogens with zero attached hydrogens (tertiary/aromatic N) is 2. The number of nitro groups is 1. The molecule has 1 amide bonds. The quantitative estimate of drug-likeness (QED) is 0.644. The first kappa shape index (κ1) is 16.8.